The van der Waals surface area contributed by atoms with Crippen LogP contribution in [0, 0.1) is 0 Å². The predicted molar refractivity (Wildman–Crippen MR) is 249 cm³/mol. The van der Waals surface area contributed by atoms with Gasteiger partial charge in [0.15, 0.2) is 5.58 Å². The maximum absolute atomic E-state index is 7.34. The standard InChI is InChI=1S/C57H39NO/c1-57(2)51-26-13-12-22-46(51)47-32-31-41(35-52(47)57)58(40-29-27-37(28-30-40)36-15-4-3-5-16-36)53-34-39(43-25-14-18-38-17-6-7-19-42(38)43)33-50-54-48-23-10-8-20-44(48)45-21-9-11-24-49(45)56(54)59-55(50)53/h3-35H,1-2H3. The number of anilines is 3. The van der Waals surface area contributed by atoms with Crippen LogP contribution in [0.25, 0.3) is 87.6 Å². The Labute approximate surface area is 343 Å². The Morgan fingerprint density at radius 2 is 0.966 bits per heavy atom. The van der Waals surface area contributed by atoms with E-state index in [1.807, 2.05) is 0 Å². The van der Waals surface area contributed by atoms with E-state index in [9.17, 15) is 0 Å². The third-order valence-corrected chi connectivity index (χ3v) is 12.8. The number of nitrogens with zero attached hydrogens (tertiary/aromatic N) is 1. The highest BCUT2D eigenvalue weighted by Gasteiger charge is 2.36. The lowest BCUT2D eigenvalue weighted by Crippen LogP contribution is -2.16. The van der Waals surface area contributed by atoms with Gasteiger partial charge in [-0.25, -0.2) is 0 Å². The number of benzene rings is 10. The van der Waals surface area contributed by atoms with Gasteiger partial charge in [-0.3, -0.25) is 0 Å². The summed E-state index contributed by atoms with van der Waals surface area (Å²) in [5.74, 6) is 0. The van der Waals surface area contributed by atoms with Gasteiger partial charge in [-0.1, -0.05) is 178 Å². The summed E-state index contributed by atoms with van der Waals surface area (Å²) in [7, 11) is 0. The Bertz CT molecular complexity index is 3460. The summed E-state index contributed by atoms with van der Waals surface area (Å²) in [6, 6.07) is 73.1. The second-order valence-corrected chi connectivity index (χ2v) is 16.4. The minimum absolute atomic E-state index is 0.165. The molecule has 12 rings (SSSR count). The van der Waals surface area contributed by atoms with Crippen LogP contribution in [0.15, 0.2) is 205 Å². The van der Waals surface area contributed by atoms with Crippen LogP contribution in [-0.4, -0.2) is 0 Å². The zero-order valence-corrected chi connectivity index (χ0v) is 32.9. The summed E-state index contributed by atoms with van der Waals surface area (Å²) < 4.78 is 7.34. The molecule has 1 aliphatic rings. The van der Waals surface area contributed by atoms with E-state index in [0.29, 0.717) is 0 Å². The predicted octanol–water partition coefficient (Wildman–Crippen LogP) is 16.2. The highest BCUT2D eigenvalue weighted by atomic mass is 16.3. The second-order valence-electron chi connectivity index (χ2n) is 16.4. The first-order chi connectivity index (χ1) is 29.0. The third kappa shape index (κ3) is 5.06. The van der Waals surface area contributed by atoms with Crippen molar-refractivity contribution >= 4 is 71.3 Å². The quantitative estimate of drug-likeness (QED) is 0.163. The van der Waals surface area contributed by atoms with E-state index in [2.05, 4.69) is 219 Å². The van der Waals surface area contributed by atoms with Crippen molar-refractivity contribution in [3.05, 3.63) is 211 Å². The minimum atomic E-state index is -0.165. The van der Waals surface area contributed by atoms with Crippen molar-refractivity contribution in [1.82, 2.24) is 0 Å². The zero-order chi connectivity index (χ0) is 39.2. The SMILES string of the molecule is CC1(C)c2ccccc2-c2ccc(N(c3ccc(-c4ccccc4)cc3)c3cc(-c4cccc5ccccc45)cc4c3oc3c5ccccc5c5ccccc5c43)cc21. The van der Waals surface area contributed by atoms with E-state index >= 15 is 0 Å². The van der Waals surface area contributed by atoms with Gasteiger partial charge in [0.1, 0.15) is 5.58 Å². The molecule has 0 fully saturated rings. The molecule has 0 bridgehead atoms. The third-order valence-electron chi connectivity index (χ3n) is 12.8. The van der Waals surface area contributed by atoms with Crippen LogP contribution in [0.3, 0.4) is 0 Å². The topological polar surface area (TPSA) is 16.4 Å². The molecule has 0 saturated heterocycles. The van der Waals surface area contributed by atoms with Gasteiger partial charge in [-0.05, 0) is 108 Å². The monoisotopic (exact) mass is 753 g/mol. The number of rotatable bonds is 5. The number of furan rings is 1. The molecule has 0 radical (unpaired) electrons. The average molecular weight is 754 g/mol. The van der Waals surface area contributed by atoms with E-state index < -0.39 is 0 Å². The Balaban J connectivity index is 1.20. The largest absolute Gasteiger partial charge is 0.453 e. The molecule has 0 atom stereocenters. The van der Waals surface area contributed by atoms with E-state index in [4.69, 9.17) is 4.42 Å². The Kier molecular flexibility index (Phi) is 7.31. The molecular weight excluding hydrogens is 715 g/mol. The molecule has 0 spiro atoms. The molecule has 0 unspecified atom stereocenters. The number of hydrogen-bond acceptors (Lipinski definition) is 2. The summed E-state index contributed by atoms with van der Waals surface area (Å²) in [5.41, 5.74) is 14.8. The van der Waals surface area contributed by atoms with Gasteiger partial charge in [0, 0.05) is 32.9 Å². The van der Waals surface area contributed by atoms with Crippen LogP contribution in [0.5, 0.6) is 0 Å². The maximum Gasteiger partial charge on any atom is 0.159 e. The van der Waals surface area contributed by atoms with Crippen molar-refractivity contribution in [2.75, 3.05) is 4.90 Å². The molecular formula is C57H39NO. The summed E-state index contributed by atoms with van der Waals surface area (Å²) >= 11 is 0. The van der Waals surface area contributed by atoms with Gasteiger partial charge < -0.3 is 9.32 Å². The van der Waals surface area contributed by atoms with Crippen LogP contribution in [0.1, 0.15) is 25.0 Å². The molecule has 278 valence electrons. The van der Waals surface area contributed by atoms with Crippen molar-refractivity contribution in [3.8, 4) is 33.4 Å². The molecule has 2 nitrogen and oxygen atoms in total. The molecule has 1 aromatic heterocycles. The van der Waals surface area contributed by atoms with Gasteiger partial charge in [0.25, 0.3) is 0 Å². The first-order valence-corrected chi connectivity index (χ1v) is 20.5. The van der Waals surface area contributed by atoms with Crippen LogP contribution in [0.4, 0.5) is 17.1 Å². The fraction of sp³-hybridized carbons (Fsp3) is 0.0526. The van der Waals surface area contributed by atoms with Gasteiger partial charge in [-0.2, -0.15) is 0 Å². The van der Waals surface area contributed by atoms with E-state index in [1.54, 1.807) is 0 Å². The lowest BCUT2D eigenvalue weighted by molar-refractivity contribution is 0.660. The molecule has 0 aliphatic heterocycles. The molecule has 0 N–H and O–H groups in total. The first-order valence-electron chi connectivity index (χ1n) is 20.5. The Morgan fingerprint density at radius 3 is 1.78 bits per heavy atom. The first kappa shape index (κ1) is 33.7. The van der Waals surface area contributed by atoms with E-state index in [1.165, 1.54) is 65.9 Å². The smallest absolute Gasteiger partial charge is 0.159 e. The fourth-order valence-electron chi connectivity index (χ4n) is 9.98. The fourth-order valence-corrected chi connectivity index (χ4v) is 9.98. The van der Waals surface area contributed by atoms with E-state index in [0.717, 1.165) is 50.0 Å². The summed E-state index contributed by atoms with van der Waals surface area (Å²) in [5, 5.41) is 9.41. The van der Waals surface area contributed by atoms with E-state index in [-0.39, 0.29) is 5.41 Å². The molecule has 1 heterocycles. The zero-order valence-electron chi connectivity index (χ0n) is 32.9. The summed E-state index contributed by atoms with van der Waals surface area (Å²) in [4.78, 5) is 2.43. The molecule has 11 aromatic rings. The molecule has 10 aromatic carbocycles. The van der Waals surface area contributed by atoms with Crippen LogP contribution in [0.2, 0.25) is 0 Å². The lowest BCUT2D eigenvalue weighted by Gasteiger charge is -2.29. The van der Waals surface area contributed by atoms with Crippen molar-refractivity contribution in [2.45, 2.75) is 19.3 Å². The van der Waals surface area contributed by atoms with Crippen molar-refractivity contribution in [1.29, 1.82) is 0 Å². The maximum atomic E-state index is 7.34. The summed E-state index contributed by atoms with van der Waals surface area (Å²) in [6.07, 6.45) is 0. The Hall–Kier alpha value is -7.42. The van der Waals surface area contributed by atoms with Crippen molar-refractivity contribution in [2.24, 2.45) is 0 Å². The van der Waals surface area contributed by atoms with Gasteiger partial charge in [-0.15, -0.1) is 0 Å². The van der Waals surface area contributed by atoms with Crippen molar-refractivity contribution < 1.29 is 4.42 Å². The molecule has 0 saturated carbocycles. The Morgan fingerprint density at radius 1 is 0.373 bits per heavy atom. The lowest BCUT2D eigenvalue weighted by atomic mass is 9.82. The number of hydrogen-bond donors (Lipinski definition) is 0. The minimum Gasteiger partial charge on any atom is -0.453 e. The molecule has 59 heavy (non-hydrogen) atoms. The van der Waals surface area contributed by atoms with Gasteiger partial charge in [0.05, 0.1) is 5.69 Å². The van der Waals surface area contributed by atoms with Crippen LogP contribution >= 0.6 is 0 Å². The second kappa shape index (κ2) is 12.8. The molecule has 2 heteroatoms. The number of fused-ring (bicyclic) bond motifs is 12. The van der Waals surface area contributed by atoms with Gasteiger partial charge in [0.2, 0.25) is 0 Å². The van der Waals surface area contributed by atoms with Crippen LogP contribution in [-0.2, 0) is 5.41 Å². The normalized spacial score (nSPS) is 13.1. The molecule has 0 amide bonds. The average Bonchev–Trinajstić information content (AvgIpc) is 3.80. The summed E-state index contributed by atoms with van der Waals surface area (Å²) in [6.45, 7) is 4.71. The van der Waals surface area contributed by atoms with Crippen molar-refractivity contribution in [3.63, 3.8) is 0 Å². The molecule has 1 aliphatic carbocycles. The van der Waals surface area contributed by atoms with Gasteiger partial charge >= 0.3 is 0 Å². The highest BCUT2D eigenvalue weighted by molar-refractivity contribution is 6.31. The van der Waals surface area contributed by atoms with Crippen LogP contribution < -0.4 is 4.90 Å². The highest BCUT2D eigenvalue weighted by Crippen LogP contribution is 2.53.